The fourth-order valence-corrected chi connectivity index (χ4v) is 2.71. The fraction of sp³-hybridized carbons (Fsp3) is 0.533. The molecule has 0 saturated carbocycles. The van der Waals surface area contributed by atoms with Gasteiger partial charge in [0.25, 0.3) is 0 Å². The first-order valence-corrected chi connectivity index (χ1v) is 6.90. The Balaban J connectivity index is 1.66. The SMILES string of the molecule is C[C@H]1C(=O)O[C@H]2[C@H](O)[C@@H](OCc3ccccc3)OC[C@@]12O. The Morgan fingerprint density at radius 2 is 2.10 bits per heavy atom. The Bertz CT molecular complexity index is 518. The summed E-state index contributed by atoms with van der Waals surface area (Å²) in [5.41, 5.74) is -0.561. The van der Waals surface area contributed by atoms with Crippen molar-refractivity contribution in [3.05, 3.63) is 35.9 Å². The lowest BCUT2D eigenvalue weighted by Crippen LogP contribution is -2.61. The average Bonchev–Trinajstić information content (AvgIpc) is 2.73. The van der Waals surface area contributed by atoms with Gasteiger partial charge in [-0.05, 0) is 12.5 Å². The minimum Gasteiger partial charge on any atom is -0.456 e. The van der Waals surface area contributed by atoms with Gasteiger partial charge in [-0.15, -0.1) is 0 Å². The maximum absolute atomic E-state index is 11.6. The number of ether oxygens (including phenoxy) is 3. The van der Waals surface area contributed by atoms with Crippen LogP contribution in [0.4, 0.5) is 0 Å². The van der Waals surface area contributed by atoms with Crippen molar-refractivity contribution < 1.29 is 29.2 Å². The van der Waals surface area contributed by atoms with Gasteiger partial charge in [0.1, 0.15) is 11.7 Å². The first-order valence-electron chi connectivity index (χ1n) is 6.90. The van der Waals surface area contributed by atoms with Crippen LogP contribution in [0.5, 0.6) is 0 Å². The minimum absolute atomic E-state index is 0.110. The summed E-state index contributed by atoms with van der Waals surface area (Å²) in [6.45, 7) is 1.71. The number of carbonyl (C=O) groups excluding carboxylic acids is 1. The molecule has 6 heteroatoms. The molecule has 21 heavy (non-hydrogen) atoms. The van der Waals surface area contributed by atoms with Gasteiger partial charge in [0.05, 0.1) is 19.1 Å². The normalized spacial score (nSPS) is 38.9. The Kier molecular flexibility index (Phi) is 3.71. The minimum atomic E-state index is -1.50. The summed E-state index contributed by atoms with van der Waals surface area (Å²) in [6.07, 6.45) is -3.18. The van der Waals surface area contributed by atoms with E-state index in [-0.39, 0.29) is 13.2 Å². The standard InChI is InChI=1S/C15H18O6/c1-9-13(17)21-12-11(16)14(20-8-15(9,12)18)19-7-10-5-3-2-4-6-10/h2-6,9,11-12,14,16,18H,7-8H2,1H3/t9-,11-,12-,14-,15+/m0/s1. The monoisotopic (exact) mass is 294 g/mol. The molecule has 0 aromatic heterocycles. The Hall–Kier alpha value is -1.47. The van der Waals surface area contributed by atoms with Crippen molar-refractivity contribution in [2.24, 2.45) is 5.92 Å². The van der Waals surface area contributed by atoms with Gasteiger partial charge in [0.15, 0.2) is 12.4 Å². The lowest BCUT2D eigenvalue weighted by atomic mass is 9.83. The van der Waals surface area contributed by atoms with E-state index in [0.29, 0.717) is 0 Å². The summed E-state index contributed by atoms with van der Waals surface area (Å²) in [6, 6.07) is 9.45. The quantitative estimate of drug-likeness (QED) is 0.775. The van der Waals surface area contributed by atoms with Gasteiger partial charge in [-0.3, -0.25) is 4.79 Å². The van der Waals surface area contributed by atoms with Crippen molar-refractivity contribution in [1.29, 1.82) is 0 Å². The van der Waals surface area contributed by atoms with Crippen molar-refractivity contribution in [2.45, 2.75) is 37.6 Å². The molecule has 1 aromatic carbocycles. The van der Waals surface area contributed by atoms with Gasteiger partial charge < -0.3 is 24.4 Å². The second-order valence-electron chi connectivity index (χ2n) is 5.54. The Labute approximate surface area is 122 Å². The zero-order valence-corrected chi connectivity index (χ0v) is 11.6. The molecule has 1 aromatic rings. The van der Waals surface area contributed by atoms with E-state index >= 15 is 0 Å². The number of benzene rings is 1. The van der Waals surface area contributed by atoms with Crippen LogP contribution in [0.1, 0.15) is 12.5 Å². The van der Waals surface area contributed by atoms with E-state index in [2.05, 4.69) is 0 Å². The lowest BCUT2D eigenvalue weighted by molar-refractivity contribution is -0.292. The smallest absolute Gasteiger partial charge is 0.312 e. The fourth-order valence-electron chi connectivity index (χ4n) is 2.71. The molecule has 2 heterocycles. The molecule has 2 fully saturated rings. The molecule has 2 aliphatic rings. The Morgan fingerprint density at radius 3 is 2.81 bits per heavy atom. The number of hydrogen-bond donors (Lipinski definition) is 2. The van der Waals surface area contributed by atoms with Crippen LogP contribution in [0, 0.1) is 5.92 Å². The molecule has 0 radical (unpaired) electrons. The van der Waals surface area contributed by atoms with Crippen molar-refractivity contribution in [2.75, 3.05) is 6.61 Å². The predicted molar refractivity (Wildman–Crippen MR) is 71.0 cm³/mol. The van der Waals surface area contributed by atoms with Crippen LogP contribution in [0.2, 0.25) is 0 Å². The number of fused-ring (bicyclic) bond motifs is 1. The van der Waals surface area contributed by atoms with E-state index < -0.39 is 36.0 Å². The predicted octanol–water partition coefficient (Wildman–Crippen LogP) is 0.213. The van der Waals surface area contributed by atoms with Gasteiger partial charge in [-0.1, -0.05) is 30.3 Å². The molecule has 0 spiro atoms. The third kappa shape index (κ3) is 2.44. The molecular weight excluding hydrogens is 276 g/mol. The van der Waals surface area contributed by atoms with Crippen LogP contribution in [-0.2, 0) is 25.6 Å². The van der Waals surface area contributed by atoms with Gasteiger partial charge in [0, 0.05) is 0 Å². The molecule has 0 unspecified atom stereocenters. The zero-order chi connectivity index (χ0) is 15.0. The van der Waals surface area contributed by atoms with Gasteiger partial charge in [-0.2, -0.15) is 0 Å². The van der Waals surface area contributed by atoms with Crippen LogP contribution in [0.15, 0.2) is 30.3 Å². The van der Waals surface area contributed by atoms with E-state index in [4.69, 9.17) is 14.2 Å². The number of aliphatic hydroxyl groups excluding tert-OH is 1. The molecule has 2 N–H and O–H groups in total. The summed E-state index contributed by atoms with van der Waals surface area (Å²) >= 11 is 0. The van der Waals surface area contributed by atoms with Gasteiger partial charge >= 0.3 is 5.97 Å². The van der Waals surface area contributed by atoms with Crippen molar-refractivity contribution in [3.63, 3.8) is 0 Å². The van der Waals surface area contributed by atoms with Crippen molar-refractivity contribution >= 4 is 5.97 Å². The van der Waals surface area contributed by atoms with Crippen LogP contribution < -0.4 is 0 Å². The maximum atomic E-state index is 11.6. The molecule has 5 atom stereocenters. The van der Waals surface area contributed by atoms with Crippen LogP contribution in [-0.4, -0.2) is 46.9 Å². The molecule has 0 bridgehead atoms. The number of esters is 1. The first kappa shape index (κ1) is 14.5. The number of hydrogen-bond acceptors (Lipinski definition) is 6. The second kappa shape index (κ2) is 5.38. The van der Waals surface area contributed by atoms with Gasteiger partial charge in [-0.25, -0.2) is 0 Å². The summed E-state index contributed by atoms with van der Waals surface area (Å²) in [7, 11) is 0. The molecule has 0 amide bonds. The molecule has 3 rings (SSSR count). The van der Waals surface area contributed by atoms with E-state index in [9.17, 15) is 15.0 Å². The van der Waals surface area contributed by atoms with E-state index in [1.807, 2.05) is 30.3 Å². The van der Waals surface area contributed by atoms with E-state index in [1.165, 1.54) is 0 Å². The topological polar surface area (TPSA) is 85.2 Å². The summed E-state index contributed by atoms with van der Waals surface area (Å²) < 4.78 is 16.0. The number of aliphatic hydroxyl groups is 2. The molecule has 114 valence electrons. The largest absolute Gasteiger partial charge is 0.456 e. The maximum Gasteiger partial charge on any atom is 0.312 e. The molecule has 2 saturated heterocycles. The Morgan fingerprint density at radius 1 is 1.38 bits per heavy atom. The lowest BCUT2D eigenvalue weighted by Gasteiger charge is -2.40. The highest BCUT2D eigenvalue weighted by Gasteiger charge is 2.61. The van der Waals surface area contributed by atoms with Crippen molar-refractivity contribution in [1.82, 2.24) is 0 Å². The summed E-state index contributed by atoms with van der Waals surface area (Å²) in [5.74, 6) is -1.26. The average molecular weight is 294 g/mol. The highest BCUT2D eigenvalue weighted by atomic mass is 16.7. The zero-order valence-electron chi connectivity index (χ0n) is 11.6. The van der Waals surface area contributed by atoms with Gasteiger partial charge in [0.2, 0.25) is 0 Å². The number of carbonyl (C=O) groups is 1. The highest BCUT2D eigenvalue weighted by molar-refractivity contribution is 5.76. The second-order valence-corrected chi connectivity index (χ2v) is 5.54. The van der Waals surface area contributed by atoms with E-state index in [1.54, 1.807) is 6.92 Å². The third-order valence-electron chi connectivity index (χ3n) is 4.16. The van der Waals surface area contributed by atoms with Crippen molar-refractivity contribution in [3.8, 4) is 0 Å². The summed E-state index contributed by atoms with van der Waals surface area (Å²) in [5, 5.41) is 20.7. The van der Waals surface area contributed by atoms with Crippen LogP contribution in [0.25, 0.3) is 0 Å². The van der Waals surface area contributed by atoms with Crippen LogP contribution >= 0.6 is 0 Å². The molecular formula is C15H18O6. The molecule has 0 aliphatic carbocycles. The highest BCUT2D eigenvalue weighted by Crippen LogP contribution is 2.39. The molecule has 2 aliphatic heterocycles. The van der Waals surface area contributed by atoms with E-state index in [0.717, 1.165) is 5.56 Å². The number of rotatable bonds is 3. The summed E-state index contributed by atoms with van der Waals surface area (Å²) in [4.78, 5) is 11.6. The third-order valence-corrected chi connectivity index (χ3v) is 4.16. The first-order chi connectivity index (χ1) is 10.0. The molecule has 6 nitrogen and oxygen atoms in total. The van der Waals surface area contributed by atoms with Crippen LogP contribution in [0.3, 0.4) is 0 Å².